The predicted molar refractivity (Wildman–Crippen MR) is 83.8 cm³/mol. The van der Waals surface area contributed by atoms with Crippen molar-refractivity contribution in [2.24, 2.45) is 0 Å². The van der Waals surface area contributed by atoms with Gasteiger partial charge in [0, 0.05) is 32.4 Å². The van der Waals surface area contributed by atoms with E-state index in [4.69, 9.17) is 21.1 Å². The van der Waals surface area contributed by atoms with Crippen molar-refractivity contribution in [1.29, 1.82) is 0 Å². The third-order valence-corrected chi connectivity index (χ3v) is 3.20. The maximum atomic E-state index is 12.0. The summed E-state index contributed by atoms with van der Waals surface area (Å²) < 4.78 is 10.7. The van der Waals surface area contributed by atoms with Gasteiger partial charge in [0.25, 0.3) is 5.91 Å². The van der Waals surface area contributed by atoms with Crippen molar-refractivity contribution < 1.29 is 14.3 Å². The van der Waals surface area contributed by atoms with Gasteiger partial charge in [0.2, 0.25) is 0 Å². The van der Waals surface area contributed by atoms with Crippen LogP contribution < -0.4 is 15.4 Å². The van der Waals surface area contributed by atoms with Gasteiger partial charge < -0.3 is 20.1 Å². The normalized spacial score (nSPS) is 12.0. The molecule has 0 spiro atoms. The molecule has 0 aliphatic carbocycles. The molecule has 0 aliphatic rings. The van der Waals surface area contributed by atoms with E-state index in [1.165, 1.54) is 0 Å². The van der Waals surface area contributed by atoms with Crippen LogP contribution in [0, 0.1) is 0 Å². The Morgan fingerprint density at radius 3 is 2.86 bits per heavy atom. The summed E-state index contributed by atoms with van der Waals surface area (Å²) in [6, 6.07) is 5.53. The van der Waals surface area contributed by atoms with Crippen LogP contribution in [-0.2, 0) is 16.1 Å². The molecule has 1 rings (SSSR count). The van der Waals surface area contributed by atoms with E-state index in [2.05, 4.69) is 10.6 Å². The summed E-state index contributed by atoms with van der Waals surface area (Å²) in [4.78, 5) is 12.0. The Balaban J connectivity index is 2.61. The zero-order chi connectivity index (χ0) is 15.7. The van der Waals surface area contributed by atoms with Crippen LogP contribution in [0.15, 0.2) is 18.2 Å². The Bertz CT molecular complexity index is 455. The molecule has 0 radical (unpaired) electrons. The van der Waals surface area contributed by atoms with E-state index in [1.54, 1.807) is 20.1 Å². The van der Waals surface area contributed by atoms with Crippen LogP contribution in [0.5, 0.6) is 5.75 Å². The lowest BCUT2D eigenvalue weighted by Gasteiger charge is -2.18. The molecule has 0 saturated heterocycles. The van der Waals surface area contributed by atoms with Crippen LogP contribution in [0.25, 0.3) is 0 Å². The average molecular weight is 315 g/mol. The Morgan fingerprint density at radius 2 is 2.19 bits per heavy atom. The van der Waals surface area contributed by atoms with Gasteiger partial charge >= 0.3 is 0 Å². The SMILES string of the molecule is CNCc1cccc(Cl)c1OC(C)C(=O)NCCCOC. The summed E-state index contributed by atoms with van der Waals surface area (Å²) in [5, 5.41) is 6.36. The van der Waals surface area contributed by atoms with Crippen molar-refractivity contribution in [3.8, 4) is 5.75 Å². The van der Waals surface area contributed by atoms with E-state index in [9.17, 15) is 4.79 Å². The molecule has 0 bridgehead atoms. The summed E-state index contributed by atoms with van der Waals surface area (Å²) >= 11 is 6.16. The van der Waals surface area contributed by atoms with Gasteiger partial charge in [-0.2, -0.15) is 0 Å². The molecule has 1 atom stereocenters. The van der Waals surface area contributed by atoms with E-state index in [1.807, 2.05) is 19.2 Å². The second kappa shape index (κ2) is 9.60. The zero-order valence-electron chi connectivity index (χ0n) is 12.7. The van der Waals surface area contributed by atoms with Crippen molar-refractivity contribution >= 4 is 17.5 Å². The summed E-state index contributed by atoms with van der Waals surface area (Å²) in [7, 11) is 3.48. The van der Waals surface area contributed by atoms with Gasteiger partial charge in [-0.3, -0.25) is 4.79 Å². The lowest BCUT2D eigenvalue weighted by molar-refractivity contribution is -0.127. The molecule has 1 amide bonds. The molecule has 0 aliphatic heterocycles. The molecule has 0 fully saturated rings. The first-order valence-corrected chi connectivity index (χ1v) is 7.33. The lowest BCUT2D eigenvalue weighted by atomic mass is 10.2. The molecule has 21 heavy (non-hydrogen) atoms. The first-order chi connectivity index (χ1) is 10.1. The minimum Gasteiger partial charge on any atom is -0.479 e. The predicted octanol–water partition coefficient (Wildman–Crippen LogP) is 1.98. The van der Waals surface area contributed by atoms with E-state index >= 15 is 0 Å². The highest BCUT2D eigenvalue weighted by molar-refractivity contribution is 6.32. The number of methoxy groups -OCH3 is 1. The van der Waals surface area contributed by atoms with Gasteiger partial charge in [0.1, 0.15) is 5.75 Å². The van der Waals surface area contributed by atoms with Crippen LogP contribution in [0.1, 0.15) is 18.9 Å². The molecule has 1 unspecified atom stereocenters. The number of halogens is 1. The first kappa shape index (κ1) is 17.8. The van der Waals surface area contributed by atoms with E-state index in [0.717, 1.165) is 12.0 Å². The minimum absolute atomic E-state index is 0.165. The molecular weight excluding hydrogens is 292 g/mol. The van der Waals surface area contributed by atoms with Gasteiger partial charge in [-0.1, -0.05) is 23.7 Å². The Kier molecular flexibility index (Phi) is 8.12. The second-order valence-electron chi connectivity index (χ2n) is 4.66. The number of hydrogen-bond acceptors (Lipinski definition) is 4. The molecule has 118 valence electrons. The molecule has 0 aromatic heterocycles. The number of rotatable bonds is 9. The van der Waals surface area contributed by atoms with E-state index < -0.39 is 6.10 Å². The van der Waals surface area contributed by atoms with Gasteiger partial charge in [0.15, 0.2) is 6.10 Å². The number of benzene rings is 1. The Hall–Kier alpha value is -1.30. The topological polar surface area (TPSA) is 59.6 Å². The van der Waals surface area contributed by atoms with Crippen LogP contribution in [0.4, 0.5) is 0 Å². The molecule has 1 aromatic rings. The molecule has 0 saturated carbocycles. The van der Waals surface area contributed by atoms with Gasteiger partial charge in [-0.15, -0.1) is 0 Å². The highest BCUT2D eigenvalue weighted by Crippen LogP contribution is 2.29. The summed E-state index contributed by atoms with van der Waals surface area (Å²) in [5.74, 6) is 0.384. The van der Waals surface area contributed by atoms with Crippen molar-refractivity contribution in [3.63, 3.8) is 0 Å². The number of hydrogen-bond donors (Lipinski definition) is 2. The lowest BCUT2D eigenvalue weighted by Crippen LogP contribution is -2.37. The smallest absolute Gasteiger partial charge is 0.260 e. The van der Waals surface area contributed by atoms with Crippen molar-refractivity contribution in [3.05, 3.63) is 28.8 Å². The summed E-state index contributed by atoms with van der Waals surface area (Å²) in [6.45, 7) is 3.51. The van der Waals surface area contributed by atoms with Crippen molar-refractivity contribution in [2.45, 2.75) is 26.0 Å². The quantitative estimate of drug-likeness (QED) is 0.684. The standard InChI is InChI=1S/C15H23ClN2O3/c1-11(15(19)18-8-5-9-20-3)21-14-12(10-17-2)6-4-7-13(14)16/h4,6-7,11,17H,5,8-10H2,1-3H3,(H,18,19). The number of carbonyl (C=O) groups excluding carboxylic acids is 1. The van der Waals surface area contributed by atoms with E-state index in [-0.39, 0.29) is 5.91 Å². The summed E-state index contributed by atoms with van der Waals surface area (Å²) in [5.41, 5.74) is 0.920. The fourth-order valence-electron chi connectivity index (χ4n) is 1.82. The fourth-order valence-corrected chi connectivity index (χ4v) is 2.06. The molecule has 5 nitrogen and oxygen atoms in total. The Labute approximate surface area is 131 Å². The highest BCUT2D eigenvalue weighted by Gasteiger charge is 2.17. The maximum Gasteiger partial charge on any atom is 0.260 e. The number of ether oxygens (including phenoxy) is 2. The first-order valence-electron chi connectivity index (χ1n) is 6.95. The minimum atomic E-state index is -0.608. The zero-order valence-corrected chi connectivity index (χ0v) is 13.5. The Morgan fingerprint density at radius 1 is 1.43 bits per heavy atom. The monoisotopic (exact) mass is 314 g/mol. The third-order valence-electron chi connectivity index (χ3n) is 2.90. The van der Waals surface area contributed by atoms with Gasteiger partial charge in [-0.05, 0) is 26.5 Å². The average Bonchev–Trinajstić information content (AvgIpc) is 2.47. The molecule has 2 N–H and O–H groups in total. The third kappa shape index (κ3) is 5.91. The maximum absolute atomic E-state index is 12.0. The largest absolute Gasteiger partial charge is 0.479 e. The second-order valence-corrected chi connectivity index (χ2v) is 5.06. The molecule has 1 aromatic carbocycles. The highest BCUT2D eigenvalue weighted by atomic mass is 35.5. The van der Waals surface area contributed by atoms with Gasteiger partial charge in [0.05, 0.1) is 5.02 Å². The summed E-state index contributed by atoms with van der Waals surface area (Å²) in [6.07, 6.45) is 0.162. The van der Waals surface area contributed by atoms with Crippen LogP contribution >= 0.6 is 11.6 Å². The van der Waals surface area contributed by atoms with Crippen LogP contribution in [0.2, 0.25) is 5.02 Å². The fraction of sp³-hybridized carbons (Fsp3) is 0.533. The van der Waals surface area contributed by atoms with Crippen molar-refractivity contribution in [1.82, 2.24) is 10.6 Å². The molecule has 6 heteroatoms. The van der Waals surface area contributed by atoms with Crippen molar-refractivity contribution in [2.75, 3.05) is 27.3 Å². The van der Waals surface area contributed by atoms with Crippen LogP contribution in [-0.4, -0.2) is 39.3 Å². The number of nitrogens with one attached hydrogen (secondary N) is 2. The number of carbonyl (C=O) groups is 1. The number of amides is 1. The molecule has 0 heterocycles. The molecular formula is C15H23ClN2O3. The van der Waals surface area contributed by atoms with E-state index in [0.29, 0.717) is 30.5 Å². The number of para-hydroxylation sites is 1. The van der Waals surface area contributed by atoms with Gasteiger partial charge in [-0.25, -0.2) is 0 Å². The van der Waals surface area contributed by atoms with Crippen LogP contribution in [0.3, 0.4) is 0 Å².